The van der Waals surface area contributed by atoms with Crippen LogP contribution in [0.25, 0.3) is 0 Å². The van der Waals surface area contributed by atoms with Crippen LogP contribution < -0.4 is 0 Å². The molecule has 0 spiro atoms. The van der Waals surface area contributed by atoms with Gasteiger partial charge in [-0.15, -0.1) is 0 Å². The van der Waals surface area contributed by atoms with Crippen LogP contribution >= 0.6 is 0 Å². The van der Waals surface area contributed by atoms with Crippen molar-refractivity contribution in [3.63, 3.8) is 0 Å². The molecule has 1 aliphatic heterocycles. The highest BCUT2D eigenvalue weighted by Gasteiger charge is 2.38. The van der Waals surface area contributed by atoms with Crippen molar-refractivity contribution >= 4 is 5.91 Å². The molecular formula is C14H25NO. The van der Waals surface area contributed by atoms with Gasteiger partial charge in [-0.2, -0.15) is 0 Å². The van der Waals surface area contributed by atoms with E-state index in [1.807, 2.05) is 4.90 Å². The van der Waals surface area contributed by atoms with Gasteiger partial charge < -0.3 is 4.90 Å². The molecule has 1 unspecified atom stereocenters. The second-order valence-corrected chi connectivity index (χ2v) is 6.19. The van der Waals surface area contributed by atoms with E-state index in [2.05, 4.69) is 34.3 Å². The summed E-state index contributed by atoms with van der Waals surface area (Å²) in [6.07, 6.45) is 4.83. The first kappa shape index (κ1) is 13.3. The number of nitrogens with zero attached hydrogens (tertiary/aromatic N) is 1. The van der Waals surface area contributed by atoms with Gasteiger partial charge >= 0.3 is 0 Å². The number of carbonyl (C=O) groups is 1. The lowest BCUT2D eigenvalue weighted by molar-refractivity contribution is -0.126. The van der Waals surface area contributed by atoms with Crippen LogP contribution in [-0.2, 0) is 4.79 Å². The summed E-state index contributed by atoms with van der Waals surface area (Å²) in [5.41, 5.74) is 0.642. The van der Waals surface area contributed by atoms with E-state index in [4.69, 9.17) is 0 Å². The normalized spacial score (nSPS) is 27.4. The maximum absolute atomic E-state index is 11.6. The number of rotatable bonds is 1. The lowest BCUT2D eigenvalue weighted by Crippen LogP contribution is -2.35. The first-order chi connectivity index (χ1) is 7.30. The van der Waals surface area contributed by atoms with Crippen molar-refractivity contribution < 1.29 is 4.79 Å². The van der Waals surface area contributed by atoms with E-state index < -0.39 is 0 Å². The molecule has 0 aliphatic carbocycles. The first-order valence-electron chi connectivity index (χ1n) is 6.21. The summed E-state index contributed by atoms with van der Waals surface area (Å²) in [4.78, 5) is 13.5. The van der Waals surface area contributed by atoms with Crippen molar-refractivity contribution in [2.45, 2.75) is 47.0 Å². The van der Waals surface area contributed by atoms with Crippen LogP contribution in [0, 0.1) is 10.8 Å². The summed E-state index contributed by atoms with van der Waals surface area (Å²) in [5, 5.41) is 0. The molecule has 1 heterocycles. The second-order valence-electron chi connectivity index (χ2n) is 6.19. The molecule has 1 aliphatic rings. The van der Waals surface area contributed by atoms with E-state index >= 15 is 0 Å². The highest BCUT2D eigenvalue weighted by Crippen LogP contribution is 2.46. The minimum Gasteiger partial charge on any atom is -0.339 e. The molecule has 0 saturated carbocycles. The molecule has 1 amide bonds. The van der Waals surface area contributed by atoms with Gasteiger partial charge in [-0.05, 0) is 36.2 Å². The zero-order valence-electron chi connectivity index (χ0n) is 11.2. The predicted octanol–water partition coefficient (Wildman–Crippen LogP) is 3.24. The number of hydrogen-bond acceptors (Lipinski definition) is 1. The van der Waals surface area contributed by atoms with E-state index in [-0.39, 0.29) is 5.91 Å². The van der Waals surface area contributed by atoms with Crippen LogP contribution in [0.5, 0.6) is 0 Å². The summed E-state index contributed by atoms with van der Waals surface area (Å²) in [7, 11) is 0. The Balaban J connectivity index is 2.73. The van der Waals surface area contributed by atoms with Crippen molar-refractivity contribution in [3.05, 3.63) is 12.7 Å². The molecular weight excluding hydrogens is 198 g/mol. The van der Waals surface area contributed by atoms with E-state index in [1.165, 1.54) is 12.5 Å². The Bertz CT molecular complexity index is 277. The monoisotopic (exact) mass is 223 g/mol. The molecule has 1 saturated heterocycles. The predicted molar refractivity (Wildman–Crippen MR) is 68.2 cm³/mol. The van der Waals surface area contributed by atoms with Crippen LogP contribution in [0.15, 0.2) is 12.7 Å². The number of carbonyl (C=O) groups excluding carboxylic acids is 1. The molecule has 0 bridgehead atoms. The Labute approximate surface area is 99.7 Å². The van der Waals surface area contributed by atoms with E-state index in [9.17, 15) is 4.79 Å². The summed E-state index contributed by atoms with van der Waals surface area (Å²) in [5.74, 6) is 0.0816. The van der Waals surface area contributed by atoms with Gasteiger partial charge in [0.15, 0.2) is 0 Å². The second kappa shape index (κ2) is 4.60. The minimum atomic E-state index is 0.0816. The van der Waals surface area contributed by atoms with Gasteiger partial charge in [-0.1, -0.05) is 34.3 Å². The number of hydrogen-bond donors (Lipinski definition) is 0. The third kappa shape index (κ3) is 2.66. The van der Waals surface area contributed by atoms with Gasteiger partial charge in [-0.3, -0.25) is 4.79 Å². The van der Waals surface area contributed by atoms with Gasteiger partial charge in [0, 0.05) is 13.1 Å². The molecule has 0 aromatic carbocycles. The van der Waals surface area contributed by atoms with Crippen molar-refractivity contribution in [2.75, 3.05) is 13.1 Å². The average Bonchev–Trinajstić information content (AvgIpc) is 2.39. The summed E-state index contributed by atoms with van der Waals surface area (Å²) in [6.45, 7) is 14.6. The average molecular weight is 223 g/mol. The Morgan fingerprint density at radius 3 is 2.44 bits per heavy atom. The Hall–Kier alpha value is -0.790. The molecule has 0 aromatic rings. The van der Waals surface area contributed by atoms with Crippen LogP contribution in [0.4, 0.5) is 0 Å². The van der Waals surface area contributed by atoms with Gasteiger partial charge in [0.2, 0.25) is 5.91 Å². The molecule has 0 aromatic heterocycles. The number of amides is 1. The topological polar surface area (TPSA) is 20.3 Å². The summed E-state index contributed by atoms with van der Waals surface area (Å²) in [6, 6.07) is 0. The van der Waals surface area contributed by atoms with Gasteiger partial charge in [0.25, 0.3) is 0 Å². The van der Waals surface area contributed by atoms with Crippen LogP contribution in [0.2, 0.25) is 0 Å². The van der Waals surface area contributed by atoms with Gasteiger partial charge in [0.1, 0.15) is 0 Å². The van der Waals surface area contributed by atoms with E-state index in [0.717, 1.165) is 25.9 Å². The van der Waals surface area contributed by atoms with Crippen LogP contribution in [-0.4, -0.2) is 23.9 Å². The molecule has 1 fully saturated rings. The highest BCUT2D eigenvalue weighted by atomic mass is 16.2. The maximum atomic E-state index is 11.6. The van der Waals surface area contributed by atoms with Gasteiger partial charge in [-0.25, -0.2) is 0 Å². The van der Waals surface area contributed by atoms with Crippen molar-refractivity contribution in [2.24, 2.45) is 10.8 Å². The third-order valence-corrected chi connectivity index (χ3v) is 4.39. The van der Waals surface area contributed by atoms with Crippen molar-refractivity contribution in [3.8, 4) is 0 Å². The largest absolute Gasteiger partial charge is 0.339 e. The Morgan fingerprint density at radius 1 is 1.31 bits per heavy atom. The fourth-order valence-electron chi connectivity index (χ4n) is 2.38. The molecule has 16 heavy (non-hydrogen) atoms. The zero-order valence-corrected chi connectivity index (χ0v) is 11.2. The van der Waals surface area contributed by atoms with Crippen LogP contribution in [0.1, 0.15) is 47.0 Å². The maximum Gasteiger partial charge on any atom is 0.245 e. The smallest absolute Gasteiger partial charge is 0.245 e. The SMILES string of the molecule is C=CC(=O)N1CCCC(C)(C(C)(C)C)CC1. The molecule has 1 atom stereocenters. The zero-order chi connectivity index (χ0) is 12.4. The fraction of sp³-hybridized carbons (Fsp3) is 0.786. The molecule has 2 nitrogen and oxygen atoms in total. The lowest BCUT2D eigenvalue weighted by Gasteiger charge is -2.41. The molecule has 92 valence electrons. The first-order valence-corrected chi connectivity index (χ1v) is 6.21. The van der Waals surface area contributed by atoms with Crippen molar-refractivity contribution in [1.82, 2.24) is 4.90 Å². The minimum absolute atomic E-state index is 0.0816. The molecule has 0 radical (unpaired) electrons. The molecule has 1 rings (SSSR count). The van der Waals surface area contributed by atoms with Gasteiger partial charge in [0.05, 0.1) is 0 Å². The molecule has 0 N–H and O–H groups in total. The Kier molecular flexibility index (Phi) is 3.82. The summed E-state index contributed by atoms with van der Waals surface area (Å²) < 4.78 is 0. The molecule has 2 heteroatoms. The lowest BCUT2D eigenvalue weighted by atomic mass is 9.64. The van der Waals surface area contributed by atoms with E-state index in [1.54, 1.807) is 0 Å². The fourth-order valence-corrected chi connectivity index (χ4v) is 2.38. The third-order valence-electron chi connectivity index (χ3n) is 4.39. The summed E-state index contributed by atoms with van der Waals surface area (Å²) >= 11 is 0. The Morgan fingerprint density at radius 2 is 1.94 bits per heavy atom. The number of likely N-dealkylation sites (tertiary alicyclic amines) is 1. The standard InChI is InChI=1S/C14H25NO/c1-6-12(16)15-10-7-8-14(5,9-11-15)13(2,3)4/h6H,1,7-11H2,2-5H3. The van der Waals surface area contributed by atoms with Crippen molar-refractivity contribution in [1.29, 1.82) is 0 Å². The van der Waals surface area contributed by atoms with Crippen LogP contribution in [0.3, 0.4) is 0 Å². The van der Waals surface area contributed by atoms with E-state index in [0.29, 0.717) is 10.8 Å². The highest BCUT2D eigenvalue weighted by molar-refractivity contribution is 5.86. The quantitative estimate of drug-likeness (QED) is 0.625.